The molecule has 0 aromatic carbocycles. The minimum Gasteiger partial charge on any atom is -0.480 e. The van der Waals surface area contributed by atoms with Gasteiger partial charge in [0.25, 0.3) is 0 Å². The molecule has 19 heavy (non-hydrogen) atoms. The first-order valence-corrected chi connectivity index (χ1v) is 5.72. The maximum Gasteiger partial charge on any atom is 0.330 e. The molecule has 1 aliphatic rings. The summed E-state index contributed by atoms with van der Waals surface area (Å²) in [6.07, 6.45) is 1.70. The second kappa shape index (κ2) is 4.84. The minimum atomic E-state index is -1.27. The Morgan fingerprint density at radius 1 is 1.63 bits per heavy atom. The Labute approximate surface area is 108 Å². The van der Waals surface area contributed by atoms with Crippen molar-refractivity contribution in [3.05, 3.63) is 16.3 Å². The highest BCUT2D eigenvalue weighted by atomic mass is 16.6. The smallest absolute Gasteiger partial charge is 0.330 e. The highest BCUT2D eigenvalue weighted by molar-refractivity contribution is 5.83. The lowest BCUT2D eigenvalue weighted by atomic mass is 9.90. The maximum absolute atomic E-state index is 11.4. The van der Waals surface area contributed by atoms with Crippen molar-refractivity contribution in [2.45, 2.75) is 18.4 Å². The van der Waals surface area contributed by atoms with Crippen molar-refractivity contribution in [2.24, 2.45) is 7.05 Å². The molecule has 104 valence electrons. The van der Waals surface area contributed by atoms with E-state index in [2.05, 4.69) is 10.4 Å². The second-order valence-corrected chi connectivity index (χ2v) is 4.42. The number of carbonyl (C=O) groups is 1. The molecule has 0 saturated carbocycles. The lowest BCUT2D eigenvalue weighted by Gasteiger charge is -2.33. The molecular weight excluding hydrogens is 256 g/mol. The van der Waals surface area contributed by atoms with Gasteiger partial charge < -0.3 is 15.2 Å². The third kappa shape index (κ3) is 2.50. The van der Waals surface area contributed by atoms with E-state index in [1.807, 2.05) is 0 Å². The lowest BCUT2D eigenvalue weighted by molar-refractivity contribution is -0.384. The monoisotopic (exact) mass is 270 g/mol. The fraction of sp³-hybridized carbons (Fsp3) is 0.600. The minimum absolute atomic E-state index is 0.0307. The van der Waals surface area contributed by atoms with E-state index < -0.39 is 16.4 Å². The molecule has 2 rings (SSSR count). The van der Waals surface area contributed by atoms with Crippen molar-refractivity contribution in [2.75, 3.05) is 18.5 Å². The van der Waals surface area contributed by atoms with Crippen molar-refractivity contribution in [3.63, 3.8) is 0 Å². The molecule has 1 aliphatic heterocycles. The Bertz CT molecular complexity index is 506. The largest absolute Gasteiger partial charge is 0.480 e. The number of aryl methyl sites for hydroxylation is 1. The van der Waals surface area contributed by atoms with Gasteiger partial charge in [-0.25, -0.2) is 4.79 Å². The van der Waals surface area contributed by atoms with Gasteiger partial charge in [0.15, 0.2) is 0 Å². The van der Waals surface area contributed by atoms with Crippen LogP contribution >= 0.6 is 0 Å². The first-order chi connectivity index (χ1) is 8.94. The quantitative estimate of drug-likeness (QED) is 0.599. The number of aromatic nitrogens is 2. The van der Waals surface area contributed by atoms with Gasteiger partial charge in [0.2, 0.25) is 5.82 Å². The summed E-state index contributed by atoms with van der Waals surface area (Å²) in [6.45, 7) is 0.583. The molecule has 2 N–H and O–H groups in total. The second-order valence-electron chi connectivity index (χ2n) is 4.42. The number of carboxylic acid groups (broad SMARTS) is 1. The third-order valence-electron chi connectivity index (χ3n) is 3.12. The van der Waals surface area contributed by atoms with E-state index in [1.54, 1.807) is 0 Å². The van der Waals surface area contributed by atoms with Gasteiger partial charge in [0.05, 0.1) is 4.92 Å². The summed E-state index contributed by atoms with van der Waals surface area (Å²) in [5, 5.41) is 26.9. The van der Waals surface area contributed by atoms with Crippen molar-refractivity contribution in [3.8, 4) is 0 Å². The Kier molecular flexibility index (Phi) is 3.38. The Morgan fingerprint density at radius 2 is 2.26 bits per heavy atom. The van der Waals surface area contributed by atoms with E-state index in [0.29, 0.717) is 13.2 Å². The molecule has 1 aromatic rings. The lowest BCUT2D eigenvalue weighted by Crippen LogP contribution is -2.50. The molecule has 0 amide bonds. The van der Waals surface area contributed by atoms with Crippen molar-refractivity contribution in [1.82, 2.24) is 9.78 Å². The van der Waals surface area contributed by atoms with Crippen molar-refractivity contribution in [1.29, 1.82) is 0 Å². The number of nitrogens with one attached hydrogen (secondary N) is 1. The van der Waals surface area contributed by atoms with Gasteiger partial charge in [0, 0.05) is 33.1 Å². The number of hydrogen-bond donors (Lipinski definition) is 2. The summed E-state index contributed by atoms with van der Waals surface area (Å²) < 4.78 is 6.41. The zero-order chi connectivity index (χ0) is 14.0. The van der Waals surface area contributed by atoms with Crippen LogP contribution in [0.25, 0.3) is 0 Å². The Balaban J connectivity index is 2.31. The molecule has 2 heterocycles. The highest BCUT2D eigenvalue weighted by Crippen LogP contribution is 2.30. The summed E-state index contributed by atoms with van der Waals surface area (Å²) in [4.78, 5) is 21.7. The molecule has 0 aliphatic carbocycles. The number of anilines is 1. The highest BCUT2D eigenvalue weighted by Gasteiger charge is 2.42. The van der Waals surface area contributed by atoms with E-state index in [0.717, 1.165) is 0 Å². The van der Waals surface area contributed by atoms with Crippen molar-refractivity contribution >= 4 is 17.5 Å². The van der Waals surface area contributed by atoms with Crippen LogP contribution in [0, 0.1) is 10.1 Å². The Morgan fingerprint density at radius 3 is 2.79 bits per heavy atom. The number of ether oxygens (including phenoxy) is 1. The molecule has 9 heteroatoms. The van der Waals surface area contributed by atoms with Crippen LogP contribution in [0.2, 0.25) is 0 Å². The van der Waals surface area contributed by atoms with Gasteiger partial charge in [-0.2, -0.15) is 0 Å². The summed E-state index contributed by atoms with van der Waals surface area (Å²) >= 11 is 0. The van der Waals surface area contributed by atoms with Gasteiger partial charge in [0.1, 0.15) is 11.7 Å². The molecule has 0 bridgehead atoms. The molecular formula is C10H14N4O5. The van der Waals surface area contributed by atoms with E-state index >= 15 is 0 Å². The fourth-order valence-electron chi connectivity index (χ4n) is 2.04. The van der Waals surface area contributed by atoms with E-state index in [4.69, 9.17) is 4.74 Å². The van der Waals surface area contributed by atoms with Crippen LogP contribution in [-0.4, -0.2) is 44.5 Å². The van der Waals surface area contributed by atoms with Crippen LogP contribution in [0.15, 0.2) is 6.20 Å². The summed E-state index contributed by atoms with van der Waals surface area (Å²) in [5.41, 5.74) is -1.51. The van der Waals surface area contributed by atoms with Crippen LogP contribution in [0.4, 0.5) is 11.5 Å². The first-order valence-electron chi connectivity index (χ1n) is 5.72. The van der Waals surface area contributed by atoms with Crippen LogP contribution in [0.1, 0.15) is 12.8 Å². The van der Waals surface area contributed by atoms with Gasteiger partial charge >= 0.3 is 11.7 Å². The molecule has 1 saturated heterocycles. The molecule has 1 aromatic heterocycles. The normalized spacial score (nSPS) is 17.9. The van der Waals surface area contributed by atoms with E-state index in [-0.39, 0.29) is 24.3 Å². The standard InChI is InChI=1S/C10H14N4O5/c1-13-6-7(14(17)18)8(12-13)11-10(9(15)16)2-4-19-5-3-10/h6H,2-5H2,1H3,(H,11,12)(H,15,16). The number of carboxylic acids is 1. The zero-order valence-electron chi connectivity index (χ0n) is 10.3. The van der Waals surface area contributed by atoms with Gasteiger partial charge in [-0.3, -0.25) is 14.8 Å². The molecule has 9 nitrogen and oxygen atoms in total. The SMILES string of the molecule is Cn1cc([N+](=O)[O-])c(NC2(C(=O)O)CCOCC2)n1. The number of aliphatic carboxylic acids is 1. The maximum atomic E-state index is 11.4. The predicted molar refractivity (Wildman–Crippen MR) is 63.9 cm³/mol. The molecule has 1 fully saturated rings. The summed E-state index contributed by atoms with van der Waals surface area (Å²) in [5.74, 6) is -1.09. The fourth-order valence-corrected chi connectivity index (χ4v) is 2.04. The molecule has 0 unspecified atom stereocenters. The molecule has 0 radical (unpaired) electrons. The number of nitro groups is 1. The average Bonchev–Trinajstić information content (AvgIpc) is 2.71. The van der Waals surface area contributed by atoms with Crippen LogP contribution in [0.3, 0.4) is 0 Å². The Hall–Kier alpha value is -2.16. The summed E-state index contributed by atoms with van der Waals surface area (Å²) in [6, 6.07) is 0. The number of nitrogens with zero attached hydrogens (tertiary/aromatic N) is 3. The van der Waals surface area contributed by atoms with Crippen molar-refractivity contribution < 1.29 is 19.6 Å². The molecule has 0 spiro atoms. The van der Waals surface area contributed by atoms with Gasteiger partial charge in [-0.05, 0) is 0 Å². The molecule has 0 atom stereocenters. The van der Waals surface area contributed by atoms with Crippen LogP contribution in [0.5, 0.6) is 0 Å². The topological polar surface area (TPSA) is 120 Å². The number of hydrogen-bond acceptors (Lipinski definition) is 6. The zero-order valence-corrected chi connectivity index (χ0v) is 10.3. The number of rotatable bonds is 4. The van der Waals surface area contributed by atoms with E-state index in [9.17, 15) is 20.0 Å². The summed E-state index contributed by atoms with van der Waals surface area (Å²) in [7, 11) is 1.54. The van der Waals surface area contributed by atoms with Crippen LogP contribution < -0.4 is 5.32 Å². The third-order valence-corrected chi connectivity index (χ3v) is 3.12. The first kappa shape index (κ1) is 13.3. The predicted octanol–water partition coefficient (Wildman–Crippen LogP) is 0.374. The van der Waals surface area contributed by atoms with Gasteiger partial charge in [-0.15, -0.1) is 5.10 Å². The van der Waals surface area contributed by atoms with E-state index in [1.165, 1.54) is 17.9 Å². The van der Waals surface area contributed by atoms with Gasteiger partial charge in [-0.1, -0.05) is 0 Å². The average molecular weight is 270 g/mol. The van der Waals surface area contributed by atoms with Crippen LogP contribution in [-0.2, 0) is 16.6 Å².